The fourth-order valence-corrected chi connectivity index (χ4v) is 2.73. The fourth-order valence-electron chi connectivity index (χ4n) is 2.40. The Morgan fingerprint density at radius 2 is 2.22 bits per heavy atom. The van der Waals surface area contributed by atoms with Crippen LogP contribution in [0.15, 0.2) is 16.7 Å². The Hall–Kier alpha value is -1.10. The number of pyridine rings is 1. The molecule has 98 valence electrons. The summed E-state index contributed by atoms with van der Waals surface area (Å²) in [6.07, 6.45) is 3.93. The van der Waals surface area contributed by atoms with Gasteiger partial charge in [0.25, 0.3) is 0 Å². The third kappa shape index (κ3) is 2.66. The van der Waals surface area contributed by atoms with Crippen LogP contribution in [0, 0.1) is 5.92 Å². The minimum absolute atomic E-state index is 0.269. The van der Waals surface area contributed by atoms with E-state index in [4.69, 9.17) is 0 Å². The molecule has 2 atom stereocenters. The zero-order chi connectivity index (χ0) is 13.3. The largest absolute Gasteiger partial charge is 0.478 e. The first kappa shape index (κ1) is 13.3. The molecule has 1 N–H and O–H groups in total. The van der Waals surface area contributed by atoms with Gasteiger partial charge < -0.3 is 10.0 Å². The van der Waals surface area contributed by atoms with Crippen LogP contribution < -0.4 is 4.90 Å². The smallest absolute Gasteiger partial charge is 0.339 e. The third-order valence-electron chi connectivity index (χ3n) is 3.45. The monoisotopic (exact) mass is 312 g/mol. The van der Waals surface area contributed by atoms with E-state index >= 15 is 0 Å². The van der Waals surface area contributed by atoms with Crippen LogP contribution in [0.3, 0.4) is 0 Å². The Bertz CT molecular complexity index is 464. The van der Waals surface area contributed by atoms with E-state index in [9.17, 15) is 9.90 Å². The quantitative estimate of drug-likeness (QED) is 0.911. The number of piperidine rings is 1. The number of aromatic carboxylic acids is 1. The van der Waals surface area contributed by atoms with E-state index in [0.717, 1.165) is 13.0 Å². The predicted octanol–water partition coefficient (Wildman–Crippen LogP) is 3.17. The normalized spacial score (nSPS) is 24.1. The number of carbonyl (C=O) groups is 1. The van der Waals surface area contributed by atoms with Gasteiger partial charge in [-0.1, -0.05) is 6.92 Å². The van der Waals surface area contributed by atoms with Crippen LogP contribution in [-0.4, -0.2) is 28.6 Å². The van der Waals surface area contributed by atoms with E-state index in [1.54, 1.807) is 12.3 Å². The molecule has 0 amide bonds. The van der Waals surface area contributed by atoms with Gasteiger partial charge in [-0.05, 0) is 47.7 Å². The van der Waals surface area contributed by atoms with Gasteiger partial charge in [-0.2, -0.15) is 0 Å². The van der Waals surface area contributed by atoms with Gasteiger partial charge in [0.05, 0.1) is 0 Å². The topological polar surface area (TPSA) is 53.4 Å². The Morgan fingerprint density at radius 1 is 1.50 bits per heavy atom. The van der Waals surface area contributed by atoms with Gasteiger partial charge in [-0.3, -0.25) is 0 Å². The van der Waals surface area contributed by atoms with Crippen LogP contribution in [0.5, 0.6) is 0 Å². The number of carboxylic acids is 1. The maximum Gasteiger partial charge on any atom is 0.339 e. The summed E-state index contributed by atoms with van der Waals surface area (Å²) in [7, 11) is 0. The number of halogens is 1. The lowest BCUT2D eigenvalue weighted by molar-refractivity contribution is 0.0696. The first-order valence-corrected chi connectivity index (χ1v) is 6.94. The summed E-state index contributed by atoms with van der Waals surface area (Å²) in [5, 5.41) is 9.29. The van der Waals surface area contributed by atoms with Crippen molar-refractivity contribution in [2.24, 2.45) is 5.92 Å². The molecular formula is C13H17BrN2O2. The van der Waals surface area contributed by atoms with Crippen molar-refractivity contribution in [3.8, 4) is 0 Å². The highest BCUT2D eigenvalue weighted by atomic mass is 79.9. The molecule has 0 aliphatic carbocycles. The fraction of sp³-hybridized carbons (Fsp3) is 0.538. The second-order valence-electron chi connectivity index (χ2n) is 5.01. The predicted molar refractivity (Wildman–Crippen MR) is 74.1 cm³/mol. The van der Waals surface area contributed by atoms with Crippen LogP contribution >= 0.6 is 15.9 Å². The zero-order valence-electron chi connectivity index (χ0n) is 10.6. The van der Waals surface area contributed by atoms with E-state index < -0.39 is 5.97 Å². The molecule has 2 rings (SSSR count). The third-order valence-corrected chi connectivity index (χ3v) is 3.89. The summed E-state index contributed by atoms with van der Waals surface area (Å²) < 4.78 is 0.696. The molecule has 18 heavy (non-hydrogen) atoms. The molecule has 0 saturated carbocycles. The van der Waals surface area contributed by atoms with Crippen molar-refractivity contribution in [2.45, 2.75) is 32.7 Å². The van der Waals surface area contributed by atoms with Crippen LogP contribution in [0.2, 0.25) is 0 Å². The number of carboxylic acid groups (broad SMARTS) is 1. The molecule has 2 heterocycles. The molecule has 0 spiro atoms. The molecule has 1 aliphatic heterocycles. The molecule has 1 fully saturated rings. The number of rotatable bonds is 2. The van der Waals surface area contributed by atoms with Gasteiger partial charge in [-0.25, -0.2) is 9.78 Å². The van der Waals surface area contributed by atoms with E-state index in [0.29, 0.717) is 22.3 Å². The number of nitrogens with zero attached hydrogens (tertiary/aromatic N) is 2. The Kier molecular flexibility index (Phi) is 3.90. The number of anilines is 1. The van der Waals surface area contributed by atoms with Crippen molar-refractivity contribution in [1.29, 1.82) is 0 Å². The lowest BCUT2D eigenvalue weighted by Gasteiger charge is -2.38. The average molecular weight is 313 g/mol. The SMILES string of the molecule is CC1CCC(C)N(c2ncc(Br)cc2C(=O)O)C1. The number of hydrogen-bond acceptors (Lipinski definition) is 3. The summed E-state index contributed by atoms with van der Waals surface area (Å²) in [6, 6.07) is 1.96. The molecule has 2 unspecified atom stereocenters. The van der Waals surface area contributed by atoms with Gasteiger partial charge in [0, 0.05) is 23.3 Å². The van der Waals surface area contributed by atoms with E-state index in [-0.39, 0.29) is 5.56 Å². The van der Waals surface area contributed by atoms with Gasteiger partial charge in [0.1, 0.15) is 11.4 Å². The standard InChI is InChI=1S/C13H17BrN2O2/c1-8-3-4-9(2)16(7-8)12-11(13(17)18)5-10(14)6-15-12/h5-6,8-9H,3-4,7H2,1-2H3,(H,17,18). The van der Waals surface area contributed by atoms with E-state index in [1.807, 2.05) is 0 Å². The Balaban J connectivity index is 2.40. The molecule has 1 aliphatic rings. The number of aromatic nitrogens is 1. The van der Waals surface area contributed by atoms with Crippen LogP contribution in [0.4, 0.5) is 5.82 Å². The molecular weight excluding hydrogens is 296 g/mol. The first-order chi connectivity index (χ1) is 8.49. The molecule has 5 heteroatoms. The summed E-state index contributed by atoms with van der Waals surface area (Å²) >= 11 is 3.27. The van der Waals surface area contributed by atoms with Crippen molar-refractivity contribution in [1.82, 2.24) is 4.98 Å². The highest BCUT2D eigenvalue weighted by Crippen LogP contribution is 2.29. The molecule has 0 bridgehead atoms. The lowest BCUT2D eigenvalue weighted by Crippen LogP contribution is -2.42. The minimum atomic E-state index is -0.927. The molecule has 0 aromatic carbocycles. The molecule has 1 aromatic rings. The van der Waals surface area contributed by atoms with Crippen molar-refractivity contribution in [3.63, 3.8) is 0 Å². The van der Waals surface area contributed by atoms with E-state index in [1.165, 1.54) is 6.42 Å². The van der Waals surface area contributed by atoms with Crippen molar-refractivity contribution in [3.05, 3.63) is 22.3 Å². The van der Waals surface area contributed by atoms with Gasteiger partial charge in [0.2, 0.25) is 0 Å². The van der Waals surface area contributed by atoms with Crippen molar-refractivity contribution in [2.75, 3.05) is 11.4 Å². The molecule has 0 radical (unpaired) electrons. The Labute approximate surface area is 115 Å². The van der Waals surface area contributed by atoms with Gasteiger partial charge in [0.15, 0.2) is 0 Å². The maximum absolute atomic E-state index is 11.3. The summed E-state index contributed by atoms with van der Waals surface area (Å²) in [6.45, 7) is 5.19. The second kappa shape index (κ2) is 5.26. The maximum atomic E-state index is 11.3. The molecule has 4 nitrogen and oxygen atoms in total. The molecule has 1 saturated heterocycles. The number of hydrogen-bond donors (Lipinski definition) is 1. The lowest BCUT2D eigenvalue weighted by atomic mass is 9.94. The Morgan fingerprint density at radius 3 is 2.89 bits per heavy atom. The second-order valence-corrected chi connectivity index (χ2v) is 5.93. The summed E-state index contributed by atoms with van der Waals surface area (Å²) in [5.41, 5.74) is 0.269. The highest BCUT2D eigenvalue weighted by molar-refractivity contribution is 9.10. The van der Waals surface area contributed by atoms with Crippen molar-refractivity contribution < 1.29 is 9.90 Å². The molecule has 1 aromatic heterocycles. The van der Waals surface area contributed by atoms with Crippen molar-refractivity contribution >= 4 is 27.7 Å². The minimum Gasteiger partial charge on any atom is -0.478 e. The average Bonchev–Trinajstić information content (AvgIpc) is 2.32. The van der Waals surface area contributed by atoms with Crippen LogP contribution in [0.1, 0.15) is 37.0 Å². The summed E-state index contributed by atoms with van der Waals surface area (Å²) in [4.78, 5) is 17.7. The summed E-state index contributed by atoms with van der Waals surface area (Å²) in [5.74, 6) is 0.238. The van der Waals surface area contributed by atoms with E-state index in [2.05, 4.69) is 39.7 Å². The van der Waals surface area contributed by atoms with Gasteiger partial charge in [-0.15, -0.1) is 0 Å². The van der Waals surface area contributed by atoms with Crippen LogP contribution in [0.25, 0.3) is 0 Å². The highest BCUT2D eigenvalue weighted by Gasteiger charge is 2.27. The van der Waals surface area contributed by atoms with Crippen LogP contribution in [-0.2, 0) is 0 Å². The zero-order valence-corrected chi connectivity index (χ0v) is 12.1. The van der Waals surface area contributed by atoms with Gasteiger partial charge >= 0.3 is 5.97 Å². The first-order valence-electron chi connectivity index (χ1n) is 6.14.